The number of nitrogens with zero attached hydrogens (tertiary/aromatic N) is 6. The fourth-order valence-corrected chi connectivity index (χ4v) is 3.27. The number of pyridine rings is 1. The Bertz CT molecular complexity index is 1060. The minimum absolute atomic E-state index is 0.0204. The number of oxime groups is 2. The summed E-state index contributed by atoms with van der Waals surface area (Å²) in [7, 11) is 2.88. The van der Waals surface area contributed by atoms with E-state index in [1.54, 1.807) is 26.0 Å². The van der Waals surface area contributed by atoms with E-state index in [9.17, 15) is 23.2 Å². The molecule has 2 amide bonds. The molecule has 0 N–H and O–H groups in total. The monoisotopic (exact) mass is 642 g/mol. The van der Waals surface area contributed by atoms with Gasteiger partial charge in [0.25, 0.3) is 6.43 Å². The highest BCUT2D eigenvalue weighted by Crippen LogP contribution is 2.18. The smallest absolute Gasteiger partial charge is 0.447 e. The molecule has 222 valence electrons. The van der Waals surface area contributed by atoms with Gasteiger partial charge in [-0.05, 0) is 38.0 Å². The van der Waals surface area contributed by atoms with Crippen molar-refractivity contribution in [1.29, 1.82) is 0 Å². The second kappa shape index (κ2) is 18.6. The van der Waals surface area contributed by atoms with E-state index in [1.165, 1.54) is 54.8 Å². The second-order valence-corrected chi connectivity index (χ2v) is 11.1. The zero-order valence-electron chi connectivity index (χ0n) is 22.5. The highest BCUT2D eigenvalue weighted by atomic mass is 35.5. The third kappa shape index (κ3) is 14.0. The van der Waals surface area contributed by atoms with Crippen LogP contribution in [0.25, 0.3) is 0 Å². The van der Waals surface area contributed by atoms with Crippen LogP contribution in [0, 0.1) is 0 Å². The molecule has 0 saturated carbocycles. The summed E-state index contributed by atoms with van der Waals surface area (Å²) in [6, 6.07) is 3.29. The Morgan fingerprint density at radius 3 is 2.05 bits per heavy atom. The number of cyclic esters (lactones) is 1. The van der Waals surface area contributed by atoms with Crippen molar-refractivity contribution < 1.29 is 37.6 Å². The van der Waals surface area contributed by atoms with Crippen LogP contribution in [0.15, 0.2) is 40.4 Å². The quantitative estimate of drug-likeness (QED) is 0.0660. The third-order valence-corrected chi connectivity index (χ3v) is 6.77. The van der Waals surface area contributed by atoms with Gasteiger partial charge in [-0.25, -0.2) is 36.8 Å². The molecule has 0 atom stereocenters. The van der Waals surface area contributed by atoms with Crippen LogP contribution in [0.1, 0.15) is 19.4 Å². The number of carbonyl (C=O) groups excluding carboxylic acids is 3. The summed E-state index contributed by atoms with van der Waals surface area (Å²) in [5.41, 5.74) is 1.17. The van der Waals surface area contributed by atoms with Crippen molar-refractivity contribution in [2.24, 2.45) is 10.3 Å². The summed E-state index contributed by atoms with van der Waals surface area (Å²) in [4.78, 5) is 48.8. The van der Waals surface area contributed by atoms with Gasteiger partial charge in [-0.1, -0.05) is 28.0 Å². The van der Waals surface area contributed by atoms with E-state index in [1.807, 2.05) is 12.5 Å². The predicted octanol–water partition coefficient (Wildman–Crippen LogP) is 5.32. The molecule has 0 bridgehead atoms. The molecule has 1 aromatic heterocycles. The van der Waals surface area contributed by atoms with Gasteiger partial charge in [0.05, 0.1) is 24.4 Å². The highest BCUT2D eigenvalue weighted by Gasteiger charge is 2.22. The van der Waals surface area contributed by atoms with Crippen LogP contribution in [0.5, 0.6) is 0 Å². The SMILES string of the molecule is CS/C(C)=N\OC(=O)N(C)SN(C)C(=O)O/N=C(/C)SC.O=C1C=C(N(Cc2ccc(Cl)nc2)CC(F)F)CO1. The summed E-state index contributed by atoms with van der Waals surface area (Å²) in [5, 5.41) is 8.76. The number of carbonyl (C=O) groups is 3. The minimum atomic E-state index is -2.50. The Labute approximate surface area is 248 Å². The fraction of sp³-hybridized carbons (Fsp3) is 0.455. The maximum atomic E-state index is 12.6. The van der Waals surface area contributed by atoms with Crippen molar-refractivity contribution in [3.63, 3.8) is 0 Å². The fourth-order valence-electron chi connectivity index (χ4n) is 2.36. The lowest BCUT2D eigenvalue weighted by Crippen LogP contribution is -2.28. The topological polar surface area (TPSA) is 126 Å². The minimum Gasteiger partial charge on any atom is -0.456 e. The van der Waals surface area contributed by atoms with Crippen molar-refractivity contribution in [2.75, 3.05) is 39.8 Å². The largest absolute Gasteiger partial charge is 0.456 e. The van der Waals surface area contributed by atoms with Crippen molar-refractivity contribution >= 4 is 75.5 Å². The molecule has 40 heavy (non-hydrogen) atoms. The standard InChI is InChI=1S/C12H11ClF2N2O2.C10H18N4O4S3/c13-10-2-1-8(4-16-10)5-17(6-11(14)15)9-3-12(18)19-7-9;1-7(19-5)11-17-9(15)13(3)21-14(4)10(16)18-12-8(2)20-6/h1-4,11H,5-7H2;1-6H3/b;11-7-,12-8-. The molecule has 2 rings (SSSR count). The first kappa shape index (κ1) is 35.3. The first-order valence-electron chi connectivity index (χ1n) is 11.1. The number of ether oxygens (including phenoxy) is 1. The number of halogens is 3. The molecule has 12 nitrogen and oxygen atoms in total. The first-order chi connectivity index (χ1) is 18.9. The average molecular weight is 643 g/mol. The van der Waals surface area contributed by atoms with Crippen LogP contribution >= 0.6 is 47.3 Å². The first-order valence-corrected chi connectivity index (χ1v) is 14.7. The van der Waals surface area contributed by atoms with Crippen LogP contribution in [0.3, 0.4) is 0 Å². The number of esters is 1. The summed E-state index contributed by atoms with van der Waals surface area (Å²) >= 11 is 9.17. The zero-order chi connectivity index (χ0) is 30.2. The van der Waals surface area contributed by atoms with Gasteiger partial charge < -0.3 is 9.64 Å². The molecular formula is C22H29ClF2N6O6S3. The molecule has 0 radical (unpaired) electrons. The van der Waals surface area contributed by atoms with Gasteiger partial charge in [0.1, 0.15) is 21.8 Å². The zero-order valence-corrected chi connectivity index (χ0v) is 25.7. The molecule has 0 saturated heterocycles. The molecule has 1 aromatic rings. The van der Waals surface area contributed by atoms with Crippen molar-refractivity contribution in [3.05, 3.63) is 40.8 Å². The van der Waals surface area contributed by atoms with Crippen LogP contribution in [-0.2, 0) is 25.8 Å². The molecule has 0 aromatic carbocycles. The van der Waals surface area contributed by atoms with E-state index in [4.69, 9.17) is 16.3 Å². The van der Waals surface area contributed by atoms with Crippen molar-refractivity contribution in [1.82, 2.24) is 18.5 Å². The number of thioether (sulfide) groups is 2. The number of amides is 2. The van der Waals surface area contributed by atoms with Crippen LogP contribution in [0.2, 0.25) is 5.15 Å². The van der Waals surface area contributed by atoms with Crippen LogP contribution in [-0.4, -0.2) is 92.9 Å². The molecule has 0 aliphatic carbocycles. The number of hydrogen-bond acceptors (Lipinski definition) is 13. The maximum Gasteiger partial charge on any atom is 0.447 e. The van der Waals surface area contributed by atoms with E-state index >= 15 is 0 Å². The van der Waals surface area contributed by atoms with Gasteiger partial charge in [0, 0.05) is 32.9 Å². The van der Waals surface area contributed by atoms with Crippen LogP contribution < -0.4 is 0 Å². The Morgan fingerprint density at radius 1 is 1.10 bits per heavy atom. The molecular weight excluding hydrogens is 614 g/mol. The maximum absolute atomic E-state index is 12.6. The Balaban J connectivity index is 0.000000401. The third-order valence-electron chi connectivity index (χ3n) is 4.43. The molecule has 1 aliphatic heterocycles. The number of rotatable bonds is 9. The average Bonchev–Trinajstić information content (AvgIpc) is 3.36. The second-order valence-electron chi connectivity index (χ2n) is 7.42. The van der Waals surface area contributed by atoms with E-state index in [2.05, 4.69) is 25.0 Å². The number of hydrogen-bond donors (Lipinski definition) is 0. The molecule has 0 unspecified atom stereocenters. The van der Waals surface area contributed by atoms with Gasteiger partial charge in [-0.15, -0.1) is 23.5 Å². The van der Waals surface area contributed by atoms with E-state index in [-0.39, 0.29) is 13.2 Å². The Kier molecular flexibility index (Phi) is 16.4. The van der Waals surface area contributed by atoms with Gasteiger partial charge >= 0.3 is 18.2 Å². The van der Waals surface area contributed by atoms with Gasteiger partial charge in [0.2, 0.25) is 0 Å². The van der Waals surface area contributed by atoms with Crippen molar-refractivity contribution in [3.8, 4) is 0 Å². The normalized spacial score (nSPS) is 13.2. The van der Waals surface area contributed by atoms with E-state index < -0.39 is 31.1 Å². The summed E-state index contributed by atoms with van der Waals surface area (Å²) in [5.74, 6) is -0.511. The molecule has 2 heterocycles. The lowest BCUT2D eigenvalue weighted by atomic mass is 10.2. The van der Waals surface area contributed by atoms with Gasteiger partial charge in [-0.3, -0.25) is 9.68 Å². The molecule has 18 heteroatoms. The Hall–Kier alpha value is -2.76. The van der Waals surface area contributed by atoms with Crippen LogP contribution in [0.4, 0.5) is 18.4 Å². The Morgan fingerprint density at radius 2 is 1.65 bits per heavy atom. The summed E-state index contributed by atoms with van der Waals surface area (Å²) in [6.45, 7) is 3.19. The van der Waals surface area contributed by atoms with E-state index in [0.29, 0.717) is 20.9 Å². The lowest BCUT2D eigenvalue weighted by Gasteiger charge is -2.24. The number of alkyl halides is 2. The summed E-state index contributed by atoms with van der Waals surface area (Å²) in [6.07, 6.45) is 2.44. The lowest BCUT2D eigenvalue weighted by molar-refractivity contribution is -0.135. The van der Waals surface area contributed by atoms with Gasteiger partial charge in [-0.2, -0.15) is 0 Å². The van der Waals surface area contributed by atoms with Gasteiger partial charge in [0.15, 0.2) is 0 Å². The predicted molar refractivity (Wildman–Crippen MR) is 154 cm³/mol. The number of aromatic nitrogens is 1. The molecule has 0 fully saturated rings. The van der Waals surface area contributed by atoms with Crippen molar-refractivity contribution in [2.45, 2.75) is 26.8 Å². The molecule has 0 spiro atoms. The summed E-state index contributed by atoms with van der Waals surface area (Å²) < 4.78 is 32.1. The van der Waals surface area contributed by atoms with E-state index in [0.717, 1.165) is 26.3 Å². The highest BCUT2D eigenvalue weighted by molar-refractivity contribution is 8.13. The molecule has 1 aliphatic rings.